The molecule has 0 saturated heterocycles. The zero-order valence-electron chi connectivity index (χ0n) is 11.1. The van der Waals surface area contributed by atoms with Gasteiger partial charge in [-0.05, 0) is 25.3 Å². The van der Waals surface area contributed by atoms with Gasteiger partial charge in [-0.1, -0.05) is 6.07 Å². The van der Waals surface area contributed by atoms with Crippen molar-refractivity contribution in [2.75, 3.05) is 26.3 Å². The van der Waals surface area contributed by atoms with Crippen molar-refractivity contribution in [3.8, 4) is 0 Å². The largest absolute Gasteiger partial charge is 0.389 e. The van der Waals surface area contributed by atoms with Crippen molar-refractivity contribution in [2.45, 2.75) is 32.7 Å². The number of thiophene rings is 1. The van der Waals surface area contributed by atoms with Crippen LogP contribution in [0.3, 0.4) is 0 Å². The first kappa shape index (κ1) is 15.6. The van der Waals surface area contributed by atoms with E-state index in [0.29, 0.717) is 26.4 Å². The standard InChI is InChI=1S/C13H23NO3S/c1-11(2)17-6-5-14-8-12(15)9-16-10-13-4-3-7-18-13/h3-4,7,11-12,14-15H,5-6,8-10H2,1-2H3. The van der Waals surface area contributed by atoms with Crippen LogP contribution in [-0.2, 0) is 16.1 Å². The van der Waals surface area contributed by atoms with E-state index in [4.69, 9.17) is 9.47 Å². The zero-order chi connectivity index (χ0) is 13.2. The SMILES string of the molecule is CC(C)OCCNCC(O)COCc1cccs1. The molecule has 0 aliphatic carbocycles. The fourth-order valence-electron chi connectivity index (χ4n) is 1.38. The maximum absolute atomic E-state index is 9.66. The third kappa shape index (κ3) is 7.79. The van der Waals surface area contributed by atoms with E-state index in [1.165, 1.54) is 4.88 Å². The van der Waals surface area contributed by atoms with Gasteiger partial charge in [-0.3, -0.25) is 0 Å². The fourth-order valence-corrected chi connectivity index (χ4v) is 2.03. The number of rotatable bonds is 10. The van der Waals surface area contributed by atoms with Gasteiger partial charge in [0.25, 0.3) is 0 Å². The van der Waals surface area contributed by atoms with Crippen LogP contribution in [0.25, 0.3) is 0 Å². The Labute approximate surface area is 113 Å². The highest BCUT2D eigenvalue weighted by Gasteiger charge is 2.04. The van der Waals surface area contributed by atoms with Crippen molar-refractivity contribution < 1.29 is 14.6 Å². The van der Waals surface area contributed by atoms with Crippen molar-refractivity contribution in [3.63, 3.8) is 0 Å². The molecule has 104 valence electrons. The van der Waals surface area contributed by atoms with Gasteiger partial charge in [0, 0.05) is 18.0 Å². The van der Waals surface area contributed by atoms with Crippen molar-refractivity contribution in [3.05, 3.63) is 22.4 Å². The van der Waals surface area contributed by atoms with Crippen LogP contribution < -0.4 is 5.32 Å². The van der Waals surface area contributed by atoms with E-state index in [0.717, 1.165) is 6.54 Å². The second-order valence-electron chi connectivity index (χ2n) is 4.37. The molecule has 0 radical (unpaired) electrons. The Morgan fingerprint density at radius 1 is 1.44 bits per heavy atom. The number of hydrogen-bond donors (Lipinski definition) is 2. The lowest BCUT2D eigenvalue weighted by molar-refractivity contribution is 0.0275. The summed E-state index contributed by atoms with van der Waals surface area (Å²) in [4.78, 5) is 1.18. The summed E-state index contributed by atoms with van der Waals surface area (Å²) in [5.74, 6) is 0. The van der Waals surface area contributed by atoms with Gasteiger partial charge in [-0.15, -0.1) is 11.3 Å². The average molecular weight is 273 g/mol. The first-order valence-corrected chi connectivity index (χ1v) is 7.17. The average Bonchev–Trinajstić information content (AvgIpc) is 2.81. The Bertz CT molecular complexity index is 290. The van der Waals surface area contributed by atoms with E-state index in [1.54, 1.807) is 11.3 Å². The normalized spacial score (nSPS) is 13.1. The molecule has 0 aromatic carbocycles. The lowest BCUT2D eigenvalue weighted by Crippen LogP contribution is -2.32. The molecule has 0 fully saturated rings. The molecule has 18 heavy (non-hydrogen) atoms. The van der Waals surface area contributed by atoms with E-state index in [9.17, 15) is 5.11 Å². The lowest BCUT2D eigenvalue weighted by atomic mass is 10.3. The number of aliphatic hydroxyl groups excluding tert-OH is 1. The maximum Gasteiger partial charge on any atom is 0.0897 e. The van der Waals surface area contributed by atoms with E-state index in [2.05, 4.69) is 5.32 Å². The van der Waals surface area contributed by atoms with Gasteiger partial charge in [-0.2, -0.15) is 0 Å². The minimum Gasteiger partial charge on any atom is -0.389 e. The molecule has 0 aliphatic rings. The molecule has 2 N–H and O–H groups in total. The zero-order valence-corrected chi connectivity index (χ0v) is 11.9. The molecule has 0 saturated carbocycles. The molecule has 1 heterocycles. The third-order valence-corrected chi connectivity index (χ3v) is 3.09. The Balaban J connectivity index is 1.92. The smallest absolute Gasteiger partial charge is 0.0897 e. The predicted molar refractivity (Wildman–Crippen MR) is 73.9 cm³/mol. The Hall–Kier alpha value is -0.460. The van der Waals surface area contributed by atoms with Gasteiger partial charge in [0.2, 0.25) is 0 Å². The maximum atomic E-state index is 9.66. The van der Waals surface area contributed by atoms with Crippen molar-refractivity contribution in [2.24, 2.45) is 0 Å². The minimum atomic E-state index is -0.469. The molecule has 1 aromatic heterocycles. The van der Waals surface area contributed by atoms with Crippen molar-refractivity contribution in [1.29, 1.82) is 0 Å². The number of hydrogen-bond acceptors (Lipinski definition) is 5. The topological polar surface area (TPSA) is 50.7 Å². The van der Waals surface area contributed by atoms with E-state index in [1.807, 2.05) is 31.4 Å². The number of aliphatic hydroxyl groups is 1. The molecule has 1 unspecified atom stereocenters. The van der Waals surface area contributed by atoms with Crippen LogP contribution in [0.15, 0.2) is 17.5 Å². The van der Waals surface area contributed by atoms with Gasteiger partial charge >= 0.3 is 0 Å². The van der Waals surface area contributed by atoms with Crippen LogP contribution in [0.4, 0.5) is 0 Å². The minimum absolute atomic E-state index is 0.255. The molecule has 4 nitrogen and oxygen atoms in total. The third-order valence-electron chi connectivity index (χ3n) is 2.24. The van der Waals surface area contributed by atoms with Gasteiger partial charge in [0.1, 0.15) is 0 Å². The highest BCUT2D eigenvalue weighted by molar-refractivity contribution is 7.09. The molecule has 0 spiro atoms. The van der Waals surface area contributed by atoms with Crippen molar-refractivity contribution >= 4 is 11.3 Å². The van der Waals surface area contributed by atoms with E-state index in [-0.39, 0.29) is 6.10 Å². The lowest BCUT2D eigenvalue weighted by Gasteiger charge is -2.13. The Kier molecular flexibility index (Phi) is 8.20. The van der Waals surface area contributed by atoms with Gasteiger partial charge < -0.3 is 19.9 Å². The summed E-state index contributed by atoms with van der Waals surface area (Å²) in [5, 5.41) is 14.8. The van der Waals surface area contributed by atoms with Gasteiger partial charge in [-0.25, -0.2) is 0 Å². The van der Waals surface area contributed by atoms with Crippen molar-refractivity contribution in [1.82, 2.24) is 5.32 Å². The summed E-state index contributed by atoms with van der Waals surface area (Å²) in [7, 11) is 0. The van der Waals surface area contributed by atoms with Gasteiger partial charge in [0.05, 0.1) is 32.0 Å². The molecule has 0 aliphatic heterocycles. The van der Waals surface area contributed by atoms with Crippen LogP contribution in [-0.4, -0.2) is 43.6 Å². The summed E-state index contributed by atoms with van der Waals surface area (Å²) in [6.45, 7) is 6.90. The molecule has 0 bridgehead atoms. The molecular weight excluding hydrogens is 250 g/mol. The molecule has 1 atom stereocenters. The van der Waals surface area contributed by atoms with E-state index >= 15 is 0 Å². The molecular formula is C13H23NO3S. The first-order chi connectivity index (χ1) is 8.68. The molecule has 1 rings (SSSR count). The quantitative estimate of drug-likeness (QED) is 0.636. The van der Waals surface area contributed by atoms with Crippen LogP contribution >= 0.6 is 11.3 Å². The molecule has 5 heteroatoms. The summed E-state index contributed by atoms with van der Waals surface area (Å²) in [6, 6.07) is 4.02. The second-order valence-corrected chi connectivity index (χ2v) is 5.40. The fraction of sp³-hybridized carbons (Fsp3) is 0.692. The summed E-state index contributed by atoms with van der Waals surface area (Å²) >= 11 is 1.66. The van der Waals surface area contributed by atoms with Crippen LogP contribution in [0.2, 0.25) is 0 Å². The summed E-state index contributed by atoms with van der Waals surface area (Å²) < 4.78 is 10.8. The Morgan fingerprint density at radius 3 is 2.94 bits per heavy atom. The Morgan fingerprint density at radius 2 is 2.28 bits per heavy atom. The number of nitrogens with one attached hydrogen (secondary N) is 1. The molecule has 0 amide bonds. The first-order valence-electron chi connectivity index (χ1n) is 6.29. The van der Waals surface area contributed by atoms with Gasteiger partial charge in [0.15, 0.2) is 0 Å². The second kappa shape index (κ2) is 9.47. The van der Waals surface area contributed by atoms with Crippen LogP contribution in [0.1, 0.15) is 18.7 Å². The summed E-state index contributed by atoms with van der Waals surface area (Å²) in [6.07, 6.45) is -0.213. The predicted octanol–water partition coefficient (Wildman–Crippen LogP) is 1.64. The highest BCUT2D eigenvalue weighted by Crippen LogP contribution is 2.09. The number of ether oxygens (including phenoxy) is 2. The van der Waals surface area contributed by atoms with Crippen LogP contribution in [0, 0.1) is 0 Å². The van der Waals surface area contributed by atoms with Crippen LogP contribution in [0.5, 0.6) is 0 Å². The van der Waals surface area contributed by atoms with E-state index < -0.39 is 6.10 Å². The monoisotopic (exact) mass is 273 g/mol. The highest BCUT2D eigenvalue weighted by atomic mass is 32.1. The summed E-state index contributed by atoms with van der Waals surface area (Å²) in [5.41, 5.74) is 0. The molecule has 1 aromatic rings.